The number of halogens is 4. The first-order chi connectivity index (χ1) is 14.9. The van der Waals surface area contributed by atoms with Crippen molar-refractivity contribution in [3.63, 3.8) is 0 Å². The van der Waals surface area contributed by atoms with E-state index < -0.39 is 12.0 Å². The second kappa shape index (κ2) is 9.28. The summed E-state index contributed by atoms with van der Waals surface area (Å²) in [6, 6.07) is 17.1. The van der Waals surface area contributed by atoms with E-state index in [2.05, 4.69) is 10.1 Å². The Morgan fingerprint density at radius 2 is 1.55 bits per heavy atom. The van der Waals surface area contributed by atoms with Crippen LogP contribution in [0.1, 0.15) is 16.6 Å². The van der Waals surface area contributed by atoms with Crippen LogP contribution in [0, 0.1) is 0 Å². The molecule has 1 aromatic heterocycles. The highest BCUT2D eigenvalue weighted by atomic mass is 35.5. The number of carbonyl (C=O) groups excluding carboxylic acids is 1. The Morgan fingerprint density at radius 3 is 2.16 bits per heavy atom. The average molecular weight is 493 g/mol. The maximum atomic E-state index is 13.2. The second-order valence-electron chi connectivity index (χ2n) is 6.48. The number of hydrogen-bond acceptors (Lipinski definition) is 4. The van der Waals surface area contributed by atoms with Gasteiger partial charge in [0, 0.05) is 26.2 Å². The van der Waals surface area contributed by atoms with Gasteiger partial charge in [0.15, 0.2) is 0 Å². The van der Waals surface area contributed by atoms with Crippen molar-refractivity contribution in [2.24, 2.45) is 0 Å². The maximum absolute atomic E-state index is 13.2. The molecule has 0 N–H and O–H groups in total. The largest absolute Gasteiger partial charge is 0.461 e. The number of ether oxygens (including phenoxy) is 1. The summed E-state index contributed by atoms with van der Waals surface area (Å²) in [7, 11) is 0. The van der Waals surface area contributed by atoms with Gasteiger partial charge in [-0.15, -0.1) is 0 Å². The lowest BCUT2D eigenvalue weighted by Gasteiger charge is -2.19. The average Bonchev–Trinajstić information content (AvgIpc) is 3.27. The Morgan fingerprint density at radius 1 is 0.871 bits per heavy atom. The fourth-order valence-corrected chi connectivity index (χ4v) is 3.97. The van der Waals surface area contributed by atoms with Crippen molar-refractivity contribution in [3.05, 3.63) is 99.0 Å². The highest BCUT2D eigenvalue weighted by Gasteiger charge is 2.26. The van der Waals surface area contributed by atoms with E-state index in [0.717, 1.165) is 11.1 Å². The lowest BCUT2D eigenvalue weighted by molar-refractivity contribution is 0.0619. The molecule has 1 atom stereocenters. The van der Waals surface area contributed by atoms with Crippen molar-refractivity contribution < 1.29 is 9.53 Å². The van der Waals surface area contributed by atoms with Gasteiger partial charge in [-0.3, -0.25) is 4.79 Å². The SMILES string of the molecule is O=C(c1ccc(Cl)cc1Cl)C(Oc1ccc(-c2ccc(Cl)cc2Cl)cc1)n1cncn1. The van der Waals surface area contributed by atoms with E-state index in [9.17, 15) is 4.79 Å². The Hall–Kier alpha value is -2.57. The zero-order valence-electron chi connectivity index (χ0n) is 15.7. The Balaban J connectivity index is 1.63. The normalized spacial score (nSPS) is 11.9. The van der Waals surface area contributed by atoms with Crippen molar-refractivity contribution in [1.29, 1.82) is 0 Å². The van der Waals surface area contributed by atoms with Crippen molar-refractivity contribution in [3.8, 4) is 16.9 Å². The molecule has 4 aromatic rings. The molecule has 0 aliphatic rings. The van der Waals surface area contributed by atoms with Crippen LogP contribution in [-0.4, -0.2) is 20.5 Å². The number of nitrogens with zero attached hydrogens (tertiary/aromatic N) is 3. The Labute approximate surface area is 198 Å². The number of rotatable bonds is 6. The van der Waals surface area contributed by atoms with Crippen LogP contribution in [0.2, 0.25) is 20.1 Å². The smallest absolute Gasteiger partial charge is 0.256 e. The van der Waals surface area contributed by atoms with E-state index in [1.807, 2.05) is 18.2 Å². The first kappa shape index (κ1) is 21.7. The summed E-state index contributed by atoms with van der Waals surface area (Å²) in [6.07, 6.45) is 1.61. The first-order valence-electron chi connectivity index (χ1n) is 8.98. The summed E-state index contributed by atoms with van der Waals surface area (Å²) < 4.78 is 7.28. The van der Waals surface area contributed by atoms with Gasteiger partial charge in [0.1, 0.15) is 18.4 Å². The number of aromatic nitrogens is 3. The lowest BCUT2D eigenvalue weighted by Crippen LogP contribution is -2.26. The number of carbonyl (C=O) groups is 1. The van der Waals surface area contributed by atoms with Crippen LogP contribution in [0.3, 0.4) is 0 Å². The number of ketones is 1. The molecule has 1 unspecified atom stereocenters. The summed E-state index contributed by atoms with van der Waals surface area (Å²) in [5, 5.41) is 5.80. The van der Waals surface area contributed by atoms with Gasteiger partial charge in [-0.2, -0.15) is 5.10 Å². The fourth-order valence-electron chi connectivity index (χ4n) is 2.95. The van der Waals surface area contributed by atoms with E-state index in [0.29, 0.717) is 20.8 Å². The third-order valence-electron chi connectivity index (χ3n) is 4.44. The minimum Gasteiger partial charge on any atom is -0.461 e. The zero-order chi connectivity index (χ0) is 22.0. The molecule has 3 aromatic carbocycles. The van der Waals surface area contributed by atoms with E-state index in [1.54, 1.807) is 36.4 Å². The topological polar surface area (TPSA) is 57.0 Å². The molecule has 0 radical (unpaired) electrons. The van der Waals surface area contributed by atoms with Crippen molar-refractivity contribution in [1.82, 2.24) is 14.8 Å². The van der Waals surface area contributed by atoms with Gasteiger partial charge in [-0.05, 0) is 48.0 Å². The van der Waals surface area contributed by atoms with Crippen LogP contribution in [0.4, 0.5) is 0 Å². The number of Topliss-reactive ketones (excluding diaryl/α,β-unsaturated/α-hetero) is 1. The molecule has 0 saturated carbocycles. The standard InChI is InChI=1S/C22H13Cl4N3O2/c23-14-3-7-17(19(25)9-14)13-1-5-16(6-2-13)31-22(29-12-27-11-28-29)21(30)18-8-4-15(24)10-20(18)26/h1-12,22H. The molecule has 0 amide bonds. The van der Waals surface area contributed by atoms with Crippen molar-refractivity contribution in [2.75, 3.05) is 0 Å². The van der Waals surface area contributed by atoms with Crippen LogP contribution in [-0.2, 0) is 0 Å². The van der Waals surface area contributed by atoms with E-state index in [4.69, 9.17) is 51.1 Å². The van der Waals surface area contributed by atoms with Crippen molar-refractivity contribution in [2.45, 2.75) is 6.23 Å². The summed E-state index contributed by atoms with van der Waals surface area (Å²) in [4.78, 5) is 17.1. The molecular weight excluding hydrogens is 480 g/mol. The van der Waals surface area contributed by atoms with Crippen LogP contribution < -0.4 is 4.74 Å². The third-order valence-corrected chi connectivity index (χ3v) is 5.54. The molecule has 0 spiro atoms. The summed E-state index contributed by atoms with van der Waals surface area (Å²) >= 11 is 24.4. The summed E-state index contributed by atoms with van der Waals surface area (Å²) in [5.41, 5.74) is 1.96. The lowest BCUT2D eigenvalue weighted by atomic mass is 10.1. The predicted molar refractivity (Wildman–Crippen MR) is 122 cm³/mol. The van der Waals surface area contributed by atoms with Gasteiger partial charge in [0.05, 0.1) is 5.02 Å². The van der Waals surface area contributed by atoms with E-state index in [-0.39, 0.29) is 10.6 Å². The highest BCUT2D eigenvalue weighted by Crippen LogP contribution is 2.32. The molecule has 0 aliphatic carbocycles. The zero-order valence-corrected chi connectivity index (χ0v) is 18.7. The quantitative estimate of drug-likeness (QED) is 0.271. The maximum Gasteiger partial charge on any atom is 0.256 e. The number of benzene rings is 3. The Bertz CT molecular complexity index is 1230. The number of hydrogen-bond donors (Lipinski definition) is 0. The van der Waals surface area contributed by atoms with Crippen LogP contribution in [0.5, 0.6) is 5.75 Å². The molecule has 9 heteroatoms. The Kier molecular flexibility index (Phi) is 6.49. The van der Waals surface area contributed by atoms with Gasteiger partial charge in [0.25, 0.3) is 6.23 Å². The van der Waals surface area contributed by atoms with Gasteiger partial charge in [-0.1, -0.05) is 64.6 Å². The molecule has 4 rings (SSSR count). The van der Waals surface area contributed by atoms with Crippen LogP contribution >= 0.6 is 46.4 Å². The molecule has 31 heavy (non-hydrogen) atoms. The minimum atomic E-state index is -1.11. The summed E-state index contributed by atoms with van der Waals surface area (Å²) in [5.74, 6) is 0.0600. The second-order valence-corrected chi connectivity index (χ2v) is 8.17. The summed E-state index contributed by atoms with van der Waals surface area (Å²) in [6.45, 7) is 0. The predicted octanol–water partition coefficient (Wildman–Crippen LogP) is 7.02. The van der Waals surface area contributed by atoms with Crippen LogP contribution in [0.15, 0.2) is 73.3 Å². The molecule has 0 aliphatic heterocycles. The van der Waals surface area contributed by atoms with E-state index in [1.165, 1.54) is 23.4 Å². The first-order valence-corrected chi connectivity index (χ1v) is 10.5. The minimum absolute atomic E-state index is 0.221. The van der Waals surface area contributed by atoms with Gasteiger partial charge in [0.2, 0.25) is 5.78 Å². The molecule has 156 valence electrons. The molecule has 0 fully saturated rings. The molecule has 0 saturated heterocycles. The molecule has 1 heterocycles. The molecule has 5 nitrogen and oxygen atoms in total. The third kappa shape index (κ3) is 4.86. The monoisotopic (exact) mass is 491 g/mol. The molecule has 0 bridgehead atoms. The van der Waals surface area contributed by atoms with Gasteiger partial charge >= 0.3 is 0 Å². The molecular formula is C22H13Cl4N3O2. The van der Waals surface area contributed by atoms with Gasteiger partial charge in [-0.25, -0.2) is 9.67 Å². The fraction of sp³-hybridized carbons (Fsp3) is 0.0455. The van der Waals surface area contributed by atoms with E-state index >= 15 is 0 Å². The van der Waals surface area contributed by atoms with Gasteiger partial charge < -0.3 is 4.74 Å². The van der Waals surface area contributed by atoms with Crippen molar-refractivity contribution >= 4 is 52.2 Å². The highest BCUT2D eigenvalue weighted by molar-refractivity contribution is 6.37. The van der Waals surface area contributed by atoms with Crippen LogP contribution in [0.25, 0.3) is 11.1 Å².